The van der Waals surface area contributed by atoms with Crippen molar-refractivity contribution in [3.8, 4) is 0 Å². The maximum Gasteiger partial charge on any atom is 0.314 e. The highest BCUT2D eigenvalue weighted by atomic mass is 35.5. The van der Waals surface area contributed by atoms with Gasteiger partial charge in [-0.2, -0.15) is 0 Å². The van der Waals surface area contributed by atoms with Gasteiger partial charge in [0, 0.05) is 16.4 Å². The highest BCUT2D eigenvalue weighted by Gasteiger charge is 2.15. The van der Waals surface area contributed by atoms with Gasteiger partial charge in [-0.25, -0.2) is 0 Å². The summed E-state index contributed by atoms with van der Waals surface area (Å²) in [6, 6.07) is 9.53. The Balaban J connectivity index is 2.05. The van der Waals surface area contributed by atoms with E-state index in [4.69, 9.17) is 28.9 Å². The molecule has 0 fully saturated rings. The minimum Gasteiger partial charge on any atom is -0.399 e. The summed E-state index contributed by atoms with van der Waals surface area (Å²) in [7, 11) is 0. The Morgan fingerprint density at radius 1 is 0.955 bits per heavy atom. The lowest BCUT2D eigenvalue weighted by molar-refractivity contribution is -0.132. The first-order valence-electron chi connectivity index (χ1n) is 6.30. The molecule has 0 aromatic heterocycles. The Labute approximate surface area is 137 Å². The molecule has 0 spiro atoms. The van der Waals surface area contributed by atoms with E-state index < -0.39 is 11.8 Å². The molecule has 5 nitrogen and oxygen atoms in total. The van der Waals surface area contributed by atoms with Crippen molar-refractivity contribution in [2.45, 2.75) is 6.92 Å². The van der Waals surface area contributed by atoms with Crippen LogP contribution in [-0.2, 0) is 9.59 Å². The maximum atomic E-state index is 11.9. The van der Waals surface area contributed by atoms with Crippen molar-refractivity contribution in [3.63, 3.8) is 0 Å². The first-order valence-corrected chi connectivity index (χ1v) is 7.06. The number of amides is 2. The number of hydrogen-bond acceptors (Lipinski definition) is 3. The van der Waals surface area contributed by atoms with Crippen LogP contribution in [-0.4, -0.2) is 11.8 Å². The van der Waals surface area contributed by atoms with E-state index in [1.165, 1.54) is 12.1 Å². The Bertz CT molecular complexity index is 748. The molecule has 0 aliphatic carbocycles. The van der Waals surface area contributed by atoms with Gasteiger partial charge in [0.15, 0.2) is 0 Å². The van der Waals surface area contributed by atoms with Crippen molar-refractivity contribution in [2.75, 3.05) is 16.4 Å². The van der Waals surface area contributed by atoms with Crippen LogP contribution in [0, 0.1) is 6.92 Å². The summed E-state index contributed by atoms with van der Waals surface area (Å²) in [6.45, 7) is 1.84. The average Bonchev–Trinajstić information content (AvgIpc) is 2.45. The summed E-state index contributed by atoms with van der Waals surface area (Å²) in [5.74, 6) is -1.67. The standard InChI is InChI=1S/C15H13Cl2N3O2/c1-8-2-4-10(7-11(8)16)19-14(21)15(22)20-13-5-3-9(18)6-12(13)17/h2-7H,18H2,1H3,(H,19,21)(H,20,22). The van der Waals surface area contributed by atoms with Crippen LogP contribution in [0.1, 0.15) is 5.56 Å². The molecule has 7 heteroatoms. The number of rotatable bonds is 2. The zero-order valence-corrected chi connectivity index (χ0v) is 13.1. The number of nitrogens with one attached hydrogen (secondary N) is 2. The van der Waals surface area contributed by atoms with Gasteiger partial charge in [0.1, 0.15) is 0 Å². The quantitative estimate of drug-likeness (QED) is 0.579. The molecule has 0 bridgehead atoms. The van der Waals surface area contributed by atoms with Crippen molar-refractivity contribution < 1.29 is 9.59 Å². The van der Waals surface area contributed by atoms with Crippen molar-refractivity contribution >= 4 is 52.1 Å². The number of carbonyl (C=O) groups excluding carboxylic acids is 2. The number of nitrogens with two attached hydrogens (primary N) is 1. The van der Waals surface area contributed by atoms with Crippen LogP contribution >= 0.6 is 23.2 Å². The number of benzene rings is 2. The average molecular weight is 338 g/mol. The van der Waals surface area contributed by atoms with Gasteiger partial charge in [-0.15, -0.1) is 0 Å². The predicted octanol–water partition coefficient (Wildman–Crippen LogP) is 3.46. The minimum absolute atomic E-state index is 0.250. The fraction of sp³-hybridized carbons (Fsp3) is 0.0667. The maximum absolute atomic E-state index is 11.9. The molecule has 114 valence electrons. The Kier molecular flexibility index (Phi) is 4.90. The first-order chi connectivity index (χ1) is 10.4. The molecule has 4 N–H and O–H groups in total. The van der Waals surface area contributed by atoms with Gasteiger partial charge in [0.25, 0.3) is 0 Å². The number of hydrogen-bond donors (Lipinski definition) is 3. The van der Waals surface area contributed by atoms with Gasteiger partial charge in [-0.05, 0) is 42.8 Å². The van der Waals surface area contributed by atoms with Crippen molar-refractivity contribution in [3.05, 3.63) is 52.0 Å². The number of halogens is 2. The lowest BCUT2D eigenvalue weighted by Crippen LogP contribution is -2.29. The Morgan fingerprint density at radius 3 is 2.27 bits per heavy atom. The second-order valence-electron chi connectivity index (χ2n) is 4.61. The van der Waals surface area contributed by atoms with Gasteiger partial charge in [0.2, 0.25) is 0 Å². The van der Waals surface area contributed by atoms with Gasteiger partial charge in [0.05, 0.1) is 10.7 Å². The van der Waals surface area contributed by atoms with E-state index in [-0.39, 0.29) is 5.02 Å². The predicted molar refractivity (Wildman–Crippen MR) is 89.3 cm³/mol. The van der Waals surface area contributed by atoms with E-state index in [1.54, 1.807) is 24.3 Å². The van der Waals surface area contributed by atoms with Crippen LogP contribution in [0.3, 0.4) is 0 Å². The van der Waals surface area contributed by atoms with E-state index >= 15 is 0 Å². The normalized spacial score (nSPS) is 10.1. The summed E-state index contributed by atoms with van der Waals surface area (Å²) in [5, 5.41) is 5.62. The van der Waals surface area contributed by atoms with Gasteiger partial charge in [-0.1, -0.05) is 29.3 Å². The van der Waals surface area contributed by atoms with Crippen molar-refractivity contribution in [1.29, 1.82) is 0 Å². The molecule has 0 saturated carbocycles. The van der Waals surface area contributed by atoms with Gasteiger partial charge >= 0.3 is 11.8 Å². The summed E-state index contributed by atoms with van der Waals surface area (Å²) < 4.78 is 0. The molecule has 0 atom stereocenters. The molecule has 2 amide bonds. The van der Waals surface area contributed by atoms with E-state index in [1.807, 2.05) is 6.92 Å². The van der Waals surface area contributed by atoms with Crippen LogP contribution in [0.15, 0.2) is 36.4 Å². The zero-order chi connectivity index (χ0) is 16.3. The van der Waals surface area contributed by atoms with Crippen molar-refractivity contribution in [2.24, 2.45) is 0 Å². The molecule has 0 aliphatic rings. The van der Waals surface area contributed by atoms with E-state index in [0.717, 1.165) is 5.56 Å². The third kappa shape index (κ3) is 3.90. The molecular formula is C15H13Cl2N3O2. The highest BCUT2D eigenvalue weighted by Crippen LogP contribution is 2.24. The van der Waals surface area contributed by atoms with Crippen LogP contribution in [0.25, 0.3) is 0 Å². The number of anilines is 3. The molecule has 2 aromatic carbocycles. The number of aryl methyl sites for hydroxylation is 1. The molecule has 0 aliphatic heterocycles. The molecule has 0 unspecified atom stereocenters. The van der Waals surface area contributed by atoms with E-state index in [9.17, 15) is 9.59 Å². The summed E-state index contributed by atoms with van der Waals surface area (Å²) >= 11 is 11.9. The van der Waals surface area contributed by atoms with Crippen molar-refractivity contribution in [1.82, 2.24) is 0 Å². The highest BCUT2D eigenvalue weighted by molar-refractivity contribution is 6.45. The van der Waals surface area contributed by atoms with E-state index in [2.05, 4.69) is 10.6 Å². The number of nitrogen functional groups attached to an aromatic ring is 1. The van der Waals surface area contributed by atoms with Gasteiger partial charge < -0.3 is 16.4 Å². The summed E-state index contributed by atoms with van der Waals surface area (Å²) in [5.41, 5.74) is 7.62. The van der Waals surface area contributed by atoms with Crippen LogP contribution in [0.5, 0.6) is 0 Å². The third-order valence-electron chi connectivity index (χ3n) is 2.88. The molecule has 2 aromatic rings. The lowest BCUT2D eigenvalue weighted by atomic mass is 10.2. The van der Waals surface area contributed by atoms with Crippen LogP contribution in [0.4, 0.5) is 17.1 Å². The summed E-state index contributed by atoms with van der Waals surface area (Å²) in [4.78, 5) is 23.7. The molecular weight excluding hydrogens is 325 g/mol. The fourth-order valence-corrected chi connectivity index (χ4v) is 2.09. The van der Waals surface area contributed by atoms with Gasteiger partial charge in [-0.3, -0.25) is 9.59 Å². The molecule has 2 rings (SSSR count). The topological polar surface area (TPSA) is 84.2 Å². The van der Waals surface area contributed by atoms with Crippen LogP contribution in [0.2, 0.25) is 10.0 Å². The largest absolute Gasteiger partial charge is 0.399 e. The molecule has 0 heterocycles. The fourth-order valence-electron chi connectivity index (χ4n) is 1.67. The smallest absolute Gasteiger partial charge is 0.314 e. The molecule has 0 radical (unpaired) electrons. The first kappa shape index (κ1) is 16.1. The zero-order valence-electron chi connectivity index (χ0n) is 11.6. The number of carbonyl (C=O) groups is 2. The SMILES string of the molecule is Cc1ccc(NC(=O)C(=O)Nc2ccc(N)cc2Cl)cc1Cl. The molecule has 0 saturated heterocycles. The molecule has 22 heavy (non-hydrogen) atoms. The summed E-state index contributed by atoms with van der Waals surface area (Å²) in [6.07, 6.45) is 0. The second-order valence-corrected chi connectivity index (χ2v) is 5.43. The lowest BCUT2D eigenvalue weighted by Gasteiger charge is -2.09. The Morgan fingerprint density at radius 2 is 1.64 bits per heavy atom. The second kappa shape index (κ2) is 6.68. The van der Waals surface area contributed by atoms with Crippen LogP contribution < -0.4 is 16.4 Å². The van der Waals surface area contributed by atoms with E-state index in [0.29, 0.717) is 22.1 Å². The third-order valence-corrected chi connectivity index (χ3v) is 3.60. The minimum atomic E-state index is -0.844. The Hall–Kier alpha value is -2.24. The monoisotopic (exact) mass is 337 g/mol.